The molecule has 1 fully saturated rings. The summed E-state index contributed by atoms with van der Waals surface area (Å²) < 4.78 is 10.2. The number of ether oxygens (including phenoxy) is 1. The van der Waals surface area contributed by atoms with E-state index in [9.17, 15) is 4.79 Å². The molecule has 2 rings (SSSR count). The van der Waals surface area contributed by atoms with Crippen LogP contribution in [0.1, 0.15) is 43.7 Å². The number of hydrogen-bond acceptors (Lipinski definition) is 4. The Labute approximate surface area is 107 Å². The maximum absolute atomic E-state index is 12.2. The zero-order valence-corrected chi connectivity index (χ0v) is 11.2. The maximum atomic E-state index is 12.2. The summed E-state index contributed by atoms with van der Waals surface area (Å²) in [6, 6.07) is 1.98. The summed E-state index contributed by atoms with van der Waals surface area (Å²) in [5.41, 5.74) is 0.864. The zero-order chi connectivity index (χ0) is 13.1. The van der Waals surface area contributed by atoms with Gasteiger partial charge in [0.15, 0.2) is 0 Å². The average molecular weight is 252 g/mol. The predicted molar refractivity (Wildman–Crippen MR) is 66.0 cm³/mol. The molecule has 0 radical (unpaired) electrons. The van der Waals surface area contributed by atoms with Crippen LogP contribution in [0.3, 0.4) is 0 Å². The highest BCUT2D eigenvalue weighted by Crippen LogP contribution is 2.32. The van der Waals surface area contributed by atoms with Crippen LogP contribution < -0.4 is 0 Å². The molecule has 2 heterocycles. The predicted octanol–water partition coefficient (Wildman–Crippen LogP) is 2.07. The van der Waals surface area contributed by atoms with Gasteiger partial charge in [-0.3, -0.25) is 4.79 Å². The minimum atomic E-state index is -0.0437. The smallest absolute Gasteiger partial charge is 0.225 e. The summed E-state index contributed by atoms with van der Waals surface area (Å²) >= 11 is 0. The van der Waals surface area contributed by atoms with E-state index < -0.39 is 0 Å². The molecule has 1 aromatic rings. The van der Waals surface area contributed by atoms with Crippen LogP contribution in [0.25, 0.3) is 0 Å². The van der Waals surface area contributed by atoms with E-state index >= 15 is 0 Å². The number of aryl methyl sites for hydroxylation is 1. The van der Waals surface area contributed by atoms with Gasteiger partial charge in [0.05, 0.1) is 18.6 Å². The third-order valence-corrected chi connectivity index (χ3v) is 3.43. The lowest BCUT2D eigenvalue weighted by molar-refractivity contribution is -0.134. The number of likely N-dealkylation sites (tertiary alicyclic amines) is 1. The number of amides is 1. The van der Waals surface area contributed by atoms with Crippen molar-refractivity contribution in [2.24, 2.45) is 0 Å². The molecule has 1 aliphatic rings. The zero-order valence-electron chi connectivity index (χ0n) is 11.2. The van der Waals surface area contributed by atoms with Crippen LogP contribution in [-0.2, 0) is 9.53 Å². The van der Waals surface area contributed by atoms with Gasteiger partial charge in [-0.1, -0.05) is 5.16 Å². The molecule has 18 heavy (non-hydrogen) atoms. The van der Waals surface area contributed by atoms with Gasteiger partial charge in [-0.2, -0.15) is 0 Å². The van der Waals surface area contributed by atoms with Gasteiger partial charge in [0.1, 0.15) is 11.5 Å². The van der Waals surface area contributed by atoms with Gasteiger partial charge in [-0.15, -0.1) is 0 Å². The van der Waals surface area contributed by atoms with Crippen LogP contribution in [0.5, 0.6) is 0 Å². The second-order valence-corrected chi connectivity index (χ2v) is 4.86. The number of rotatable bonds is 4. The molecular formula is C13H20N2O3. The molecule has 0 saturated carbocycles. The van der Waals surface area contributed by atoms with Crippen molar-refractivity contribution in [3.63, 3.8) is 0 Å². The second-order valence-electron chi connectivity index (χ2n) is 4.86. The fraction of sp³-hybridized carbons (Fsp3) is 0.692. The first-order chi connectivity index (χ1) is 8.61. The number of aromatic nitrogens is 1. The highest BCUT2D eigenvalue weighted by atomic mass is 16.5. The van der Waals surface area contributed by atoms with Crippen molar-refractivity contribution in [2.45, 2.75) is 45.3 Å². The Morgan fingerprint density at radius 3 is 3.11 bits per heavy atom. The van der Waals surface area contributed by atoms with Gasteiger partial charge < -0.3 is 14.2 Å². The topological polar surface area (TPSA) is 55.6 Å². The first-order valence-electron chi connectivity index (χ1n) is 6.37. The van der Waals surface area contributed by atoms with E-state index in [4.69, 9.17) is 9.26 Å². The van der Waals surface area contributed by atoms with Crippen molar-refractivity contribution in [1.29, 1.82) is 0 Å². The molecule has 0 aliphatic carbocycles. The molecule has 1 aliphatic heterocycles. The van der Waals surface area contributed by atoms with E-state index in [2.05, 4.69) is 5.16 Å². The van der Waals surface area contributed by atoms with Crippen LogP contribution in [0, 0.1) is 6.92 Å². The van der Waals surface area contributed by atoms with Crippen molar-refractivity contribution in [3.05, 3.63) is 17.5 Å². The Balaban J connectivity index is 2.05. The molecule has 5 nitrogen and oxygen atoms in total. The summed E-state index contributed by atoms with van der Waals surface area (Å²) in [5, 5.41) is 4.03. The van der Waals surface area contributed by atoms with Crippen LogP contribution in [0.2, 0.25) is 0 Å². The molecule has 0 aromatic carbocycles. The average Bonchev–Trinajstić information content (AvgIpc) is 2.96. The van der Waals surface area contributed by atoms with Crippen molar-refractivity contribution in [2.75, 3.05) is 13.7 Å². The largest absolute Gasteiger partial charge is 0.381 e. The highest BCUT2D eigenvalue weighted by molar-refractivity contribution is 5.77. The second kappa shape index (κ2) is 5.52. The van der Waals surface area contributed by atoms with Gasteiger partial charge in [0, 0.05) is 19.7 Å². The number of carbonyl (C=O) groups excluding carboxylic acids is 1. The molecule has 0 bridgehead atoms. The molecule has 1 aromatic heterocycles. The molecule has 5 heteroatoms. The molecule has 0 N–H and O–H groups in total. The lowest BCUT2D eigenvalue weighted by Crippen LogP contribution is -2.33. The Morgan fingerprint density at radius 2 is 2.50 bits per heavy atom. The minimum absolute atomic E-state index is 0.0437. The number of carbonyl (C=O) groups is 1. The molecule has 0 spiro atoms. The third kappa shape index (κ3) is 2.72. The van der Waals surface area contributed by atoms with Crippen molar-refractivity contribution in [3.8, 4) is 0 Å². The van der Waals surface area contributed by atoms with Gasteiger partial charge in [-0.05, 0) is 26.7 Å². The van der Waals surface area contributed by atoms with Gasteiger partial charge in [0.2, 0.25) is 5.91 Å². The van der Waals surface area contributed by atoms with Crippen LogP contribution in [0.4, 0.5) is 0 Å². The molecule has 1 saturated heterocycles. The van der Waals surface area contributed by atoms with E-state index in [0.29, 0.717) is 6.42 Å². The highest BCUT2D eigenvalue weighted by Gasteiger charge is 2.32. The Hall–Kier alpha value is -1.36. The standard InChI is InChI=1S/C13H20N2O3/c1-9(17-3)8-13(16)15-6-4-5-12(15)11-7-10(2)18-14-11/h7,9,12H,4-6,8H2,1-3H3. The third-order valence-electron chi connectivity index (χ3n) is 3.43. The van der Waals surface area contributed by atoms with E-state index in [-0.39, 0.29) is 18.1 Å². The molecule has 100 valence electrons. The van der Waals surface area contributed by atoms with E-state index in [0.717, 1.165) is 30.8 Å². The monoisotopic (exact) mass is 252 g/mol. The SMILES string of the molecule is COC(C)CC(=O)N1CCCC1c1cc(C)on1. The normalized spacial score (nSPS) is 21.3. The number of hydrogen-bond donors (Lipinski definition) is 0. The van der Waals surface area contributed by atoms with Gasteiger partial charge in [-0.25, -0.2) is 0 Å². The Bertz CT molecular complexity index is 416. The van der Waals surface area contributed by atoms with Crippen LogP contribution >= 0.6 is 0 Å². The minimum Gasteiger partial charge on any atom is -0.381 e. The number of methoxy groups -OCH3 is 1. The molecular weight excluding hydrogens is 232 g/mol. The Morgan fingerprint density at radius 1 is 1.72 bits per heavy atom. The molecule has 2 atom stereocenters. The van der Waals surface area contributed by atoms with Crippen LogP contribution in [-0.4, -0.2) is 35.7 Å². The lowest BCUT2D eigenvalue weighted by atomic mass is 10.1. The van der Waals surface area contributed by atoms with Gasteiger partial charge >= 0.3 is 0 Å². The number of nitrogens with zero attached hydrogens (tertiary/aromatic N) is 2. The maximum Gasteiger partial charge on any atom is 0.225 e. The van der Waals surface area contributed by atoms with Gasteiger partial charge in [0.25, 0.3) is 0 Å². The quantitative estimate of drug-likeness (QED) is 0.823. The van der Waals surface area contributed by atoms with E-state index in [1.54, 1.807) is 7.11 Å². The Kier molecular flexibility index (Phi) is 4.01. The van der Waals surface area contributed by atoms with Crippen molar-refractivity contribution in [1.82, 2.24) is 10.1 Å². The fourth-order valence-electron chi connectivity index (χ4n) is 2.36. The fourth-order valence-corrected chi connectivity index (χ4v) is 2.36. The van der Waals surface area contributed by atoms with Crippen molar-refractivity contribution >= 4 is 5.91 Å². The first-order valence-corrected chi connectivity index (χ1v) is 6.37. The molecule has 1 amide bonds. The first kappa shape index (κ1) is 13.1. The van der Waals surface area contributed by atoms with E-state index in [1.165, 1.54) is 0 Å². The molecule has 2 unspecified atom stereocenters. The summed E-state index contributed by atoms with van der Waals surface area (Å²) in [6.07, 6.45) is 2.35. The summed E-state index contributed by atoms with van der Waals surface area (Å²) in [7, 11) is 1.63. The lowest BCUT2D eigenvalue weighted by Gasteiger charge is -2.24. The summed E-state index contributed by atoms with van der Waals surface area (Å²) in [6.45, 7) is 4.57. The van der Waals surface area contributed by atoms with Crippen LogP contribution in [0.15, 0.2) is 10.6 Å². The summed E-state index contributed by atoms with van der Waals surface area (Å²) in [4.78, 5) is 14.1. The van der Waals surface area contributed by atoms with E-state index in [1.807, 2.05) is 24.8 Å². The summed E-state index contributed by atoms with van der Waals surface area (Å²) in [5.74, 6) is 0.919. The van der Waals surface area contributed by atoms with Crippen molar-refractivity contribution < 1.29 is 14.1 Å².